The van der Waals surface area contributed by atoms with E-state index in [0.717, 1.165) is 31.9 Å². The molecule has 2 aromatic rings. The van der Waals surface area contributed by atoms with E-state index in [1.165, 1.54) is 6.20 Å². The lowest BCUT2D eigenvalue weighted by Crippen LogP contribution is -2.43. The molecule has 2 aromatic heterocycles. The Kier molecular flexibility index (Phi) is 5.13. The number of rotatable bonds is 3. The normalized spacial score (nSPS) is 14.4. The lowest BCUT2D eigenvalue weighted by atomic mass is 10.3. The molecule has 8 heteroatoms. The van der Waals surface area contributed by atoms with Gasteiger partial charge in [-0.25, -0.2) is 4.98 Å². The molecule has 7 nitrogen and oxygen atoms in total. The van der Waals surface area contributed by atoms with E-state index in [1.54, 1.807) is 12.3 Å². The molecule has 21 heavy (non-hydrogen) atoms. The number of nitrogens with one attached hydrogen (secondary N) is 3. The Morgan fingerprint density at radius 3 is 2.67 bits per heavy atom. The molecule has 0 aromatic carbocycles. The predicted octanol–water partition coefficient (Wildman–Crippen LogP) is 0.888. The molecule has 0 bridgehead atoms. The maximum Gasteiger partial charge on any atom is 0.274 e. The quantitative estimate of drug-likeness (QED) is 0.784. The predicted molar refractivity (Wildman–Crippen MR) is 83.1 cm³/mol. The second-order valence-electron chi connectivity index (χ2n) is 4.56. The molecule has 3 heterocycles. The standard InChI is InChI=1S/C13H16N6O.ClH/c20-13(11-3-4-16-18-11)17-12-2-1-10(9-15-12)19-7-5-14-6-8-19;/h1-4,9,14H,5-8H2,(H,16,18)(H,15,17,20);1H. The Bertz CT molecular complexity index is 565. The van der Waals surface area contributed by atoms with E-state index < -0.39 is 0 Å². The largest absolute Gasteiger partial charge is 0.368 e. The second-order valence-corrected chi connectivity index (χ2v) is 4.56. The summed E-state index contributed by atoms with van der Waals surface area (Å²) >= 11 is 0. The minimum absolute atomic E-state index is 0. The third-order valence-electron chi connectivity index (χ3n) is 3.22. The highest BCUT2D eigenvalue weighted by molar-refractivity contribution is 6.02. The number of pyridine rings is 1. The number of carbonyl (C=O) groups is 1. The summed E-state index contributed by atoms with van der Waals surface area (Å²) in [5.41, 5.74) is 1.49. The van der Waals surface area contributed by atoms with E-state index in [-0.39, 0.29) is 18.3 Å². The maximum atomic E-state index is 11.8. The SMILES string of the molecule is Cl.O=C(Nc1ccc(N2CCNCC2)cn1)c1ccn[nH]1. The zero-order valence-electron chi connectivity index (χ0n) is 11.4. The number of carbonyl (C=O) groups excluding carboxylic acids is 1. The topological polar surface area (TPSA) is 85.9 Å². The van der Waals surface area contributed by atoms with E-state index in [0.29, 0.717) is 11.5 Å². The number of anilines is 2. The molecule has 0 unspecified atom stereocenters. The molecule has 1 aliphatic heterocycles. The zero-order chi connectivity index (χ0) is 13.8. The van der Waals surface area contributed by atoms with Crippen molar-refractivity contribution >= 4 is 29.8 Å². The first-order valence-corrected chi connectivity index (χ1v) is 6.55. The van der Waals surface area contributed by atoms with Crippen molar-refractivity contribution in [1.29, 1.82) is 0 Å². The van der Waals surface area contributed by atoms with E-state index >= 15 is 0 Å². The van der Waals surface area contributed by atoms with E-state index in [4.69, 9.17) is 0 Å². The zero-order valence-corrected chi connectivity index (χ0v) is 12.2. The molecule has 1 aliphatic rings. The van der Waals surface area contributed by atoms with E-state index in [9.17, 15) is 4.79 Å². The first-order valence-electron chi connectivity index (χ1n) is 6.55. The molecule has 112 valence electrons. The Balaban J connectivity index is 0.00000161. The number of nitrogens with zero attached hydrogens (tertiary/aromatic N) is 3. The van der Waals surface area contributed by atoms with Crippen LogP contribution in [0.15, 0.2) is 30.6 Å². The van der Waals surface area contributed by atoms with Gasteiger partial charge < -0.3 is 15.5 Å². The van der Waals surface area contributed by atoms with Gasteiger partial charge >= 0.3 is 0 Å². The van der Waals surface area contributed by atoms with Crippen LogP contribution in [0.1, 0.15) is 10.5 Å². The molecule has 3 rings (SSSR count). The fraction of sp³-hybridized carbons (Fsp3) is 0.308. The fourth-order valence-corrected chi connectivity index (χ4v) is 2.14. The number of H-pyrrole nitrogens is 1. The first kappa shape index (κ1) is 15.3. The van der Waals surface area contributed by atoms with Gasteiger partial charge in [0.25, 0.3) is 5.91 Å². The molecular formula is C13H17ClN6O. The lowest BCUT2D eigenvalue weighted by Gasteiger charge is -2.29. The summed E-state index contributed by atoms with van der Waals surface area (Å²) in [6.45, 7) is 3.92. The van der Waals surface area contributed by atoms with Crippen LogP contribution in [-0.2, 0) is 0 Å². The highest BCUT2D eigenvalue weighted by Crippen LogP contribution is 2.15. The molecule has 0 spiro atoms. The van der Waals surface area contributed by atoms with Gasteiger partial charge in [-0.05, 0) is 18.2 Å². The van der Waals surface area contributed by atoms with Crippen LogP contribution in [0.5, 0.6) is 0 Å². The summed E-state index contributed by atoms with van der Waals surface area (Å²) in [5.74, 6) is 0.286. The van der Waals surface area contributed by atoms with Crippen molar-refractivity contribution in [1.82, 2.24) is 20.5 Å². The van der Waals surface area contributed by atoms with Crippen molar-refractivity contribution in [2.45, 2.75) is 0 Å². The number of halogens is 1. The highest BCUT2D eigenvalue weighted by Gasteiger charge is 2.11. The summed E-state index contributed by atoms with van der Waals surface area (Å²) < 4.78 is 0. The molecule has 1 amide bonds. The van der Waals surface area contributed by atoms with Crippen LogP contribution in [-0.4, -0.2) is 47.3 Å². The van der Waals surface area contributed by atoms with Crippen LogP contribution in [0.4, 0.5) is 11.5 Å². The lowest BCUT2D eigenvalue weighted by molar-refractivity contribution is 0.102. The summed E-state index contributed by atoms with van der Waals surface area (Å²) in [7, 11) is 0. The van der Waals surface area contributed by atoms with Gasteiger partial charge in [0.1, 0.15) is 11.5 Å². The highest BCUT2D eigenvalue weighted by atomic mass is 35.5. The van der Waals surface area contributed by atoms with E-state index in [1.807, 2.05) is 12.1 Å². The van der Waals surface area contributed by atoms with Crippen LogP contribution in [0.2, 0.25) is 0 Å². The van der Waals surface area contributed by atoms with Crippen molar-refractivity contribution < 1.29 is 4.79 Å². The minimum atomic E-state index is -0.245. The Morgan fingerprint density at radius 2 is 2.05 bits per heavy atom. The van der Waals surface area contributed by atoms with Crippen LogP contribution < -0.4 is 15.5 Å². The van der Waals surface area contributed by atoms with E-state index in [2.05, 4.69) is 30.7 Å². The van der Waals surface area contributed by atoms with Crippen molar-refractivity contribution in [3.05, 3.63) is 36.3 Å². The maximum absolute atomic E-state index is 11.8. The van der Waals surface area contributed by atoms with Gasteiger partial charge in [0.05, 0.1) is 11.9 Å². The number of hydrogen-bond acceptors (Lipinski definition) is 5. The Labute approximate surface area is 128 Å². The van der Waals surface area contributed by atoms with Gasteiger partial charge in [-0.2, -0.15) is 5.10 Å². The third kappa shape index (κ3) is 3.71. The van der Waals surface area contributed by atoms with Gasteiger partial charge in [-0.15, -0.1) is 12.4 Å². The molecule has 3 N–H and O–H groups in total. The number of amides is 1. The average molecular weight is 309 g/mol. The smallest absolute Gasteiger partial charge is 0.274 e. The molecular weight excluding hydrogens is 292 g/mol. The molecule has 1 fully saturated rings. The van der Waals surface area contributed by atoms with Gasteiger partial charge in [0, 0.05) is 32.4 Å². The third-order valence-corrected chi connectivity index (χ3v) is 3.22. The Hall–Kier alpha value is -2.12. The summed E-state index contributed by atoms with van der Waals surface area (Å²) in [6.07, 6.45) is 3.32. The van der Waals surface area contributed by atoms with Crippen LogP contribution in [0.3, 0.4) is 0 Å². The number of hydrogen-bond donors (Lipinski definition) is 3. The Morgan fingerprint density at radius 1 is 1.24 bits per heavy atom. The number of piperazine rings is 1. The summed E-state index contributed by atoms with van der Waals surface area (Å²) in [4.78, 5) is 18.4. The average Bonchev–Trinajstić information content (AvgIpc) is 3.03. The summed E-state index contributed by atoms with van der Waals surface area (Å²) in [6, 6.07) is 5.40. The summed E-state index contributed by atoms with van der Waals surface area (Å²) in [5, 5.41) is 12.4. The molecule has 0 saturated carbocycles. The molecule has 0 aliphatic carbocycles. The molecule has 0 atom stereocenters. The van der Waals surface area contributed by atoms with Crippen molar-refractivity contribution in [2.24, 2.45) is 0 Å². The van der Waals surface area contributed by atoms with Crippen LogP contribution >= 0.6 is 12.4 Å². The van der Waals surface area contributed by atoms with Gasteiger partial charge in [-0.3, -0.25) is 9.89 Å². The van der Waals surface area contributed by atoms with Gasteiger partial charge in [0.15, 0.2) is 0 Å². The molecule has 0 radical (unpaired) electrons. The minimum Gasteiger partial charge on any atom is -0.368 e. The number of aromatic nitrogens is 3. The van der Waals surface area contributed by atoms with Crippen molar-refractivity contribution in [3.8, 4) is 0 Å². The number of aromatic amines is 1. The van der Waals surface area contributed by atoms with Gasteiger partial charge in [0.2, 0.25) is 0 Å². The van der Waals surface area contributed by atoms with Crippen molar-refractivity contribution in [2.75, 3.05) is 36.4 Å². The first-order chi connectivity index (χ1) is 9.83. The van der Waals surface area contributed by atoms with Crippen LogP contribution in [0, 0.1) is 0 Å². The van der Waals surface area contributed by atoms with Crippen LogP contribution in [0.25, 0.3) is 0 Å². The second kappa shape index (κ2) is 7.05. The van der Waals surface area contributed by atoms with Gasteiger partial charge in [-0.1, -0.05) is 0 Å². The fourth-order valence-electron chi connectivity index (χ4n) is 2.14. The molecule has 1 saturated heterocycles. The van der Waals surface area contributed by atoms with Crippen molar-refractivity contribution in [3.63, 3.8) is 0 Å². The monoisotopic (exact) mass is 308 g/mol.